The number of carbonyl (C=O) groups excluding carboxylic acids is 2. The number of benzene rings is 2. The molecule has 0 fully saturated rings. The van der Waals surface area contributed by atoms with Crippen LogP contribution in [0.2, 0.25) is 5.02 Å². The van der Waals surface area contributed by atoms with E-state index in [1.54, 1.807) is 31.0 Å². The standard InChI is InChI=1S/C21H20ClN3O4S/c1-3-28-20(26)25(21(27)29-4-2)24-17(14-9-11-15(22)12-10-14)13-23-16-7-5-6-8-18(16)30-19(23)24/h5-13,19H,3-4H2,1-2H3. The second-order valence-electron chi connectivity index (χ2n) is 6.39. The Labute approximate surface area is 183 Å². The van der Waals surface area contributed by atoms with Crippen molar-refractivity contribution in [3.05, 3.63) is 65.3 Å². The van der Waals surface area contributed by atoms with Crippen molar-refractivity contribution in [2.45, 2.75) is 24.2 Å². The predicted molar refractivity (Wildman–Crippen MR) is 116 cm³/mol. The Morgan fingerprint density at radius 2 is 1.67 bits per heavy atom. The zero-order valence-electron chi connectivity index (χ0n) is 16.4. The van der Waals surface area contributed by atoms with Crippen LogP contribution in [0.25, 0.3) is 5.70 Å². The molecule has 0 aromatic heterocycles. The lowest BCUT2D eigenvalue weighted by atomic mass is 10.1. The molecule has 2 heterocycles. The van der Waals surface area contributed by atoms with Crippen LogP contribution in [0.4, 0.5) is 15.3 Å². The Kier molecular flexibility index (Phi) is 5.78. The summed E-state index contributed by atoms with van der Waals surface area (Å²) in [5, 5.41) is 3.14. The molecular formula is C21H20ClN3O4S. The molecule has 0 N–H and O–H groups in total. The molecular weight excluding hydrogens is 426 g/mol. The monoisotopic (exact) mass is 445 g/mol. The molecule has 1 unspecified atom stereocenters. The van der Waals surface area contributed by atoms with Crippen molar-refractivity contribution in [2.75, 3.05) is 18.1 Å². The van der Waals surface area contributed by atoms with E-state index in [2.05, 4.69) is 0 Å². The third-order valence-electron chi connectivity index (χ3n) is 4.57. The summed E-state index contributed by atoms with van der Waals surface area (Å²) in [5.41, 5.74) is 2.06. The summed E-state index contributed by atoms with van der Waals surface area (Å²) in [7, 11) is 0. The highest BCUT2D eigenvalue weighted by molar-refractivity contribution is 8.00. The molecule has 0 spiro atoms. The summed E-state index contributed by atoms with van der Waals surface area (Å²) in [6.07, 6.45) is 0.321. The molecule has 7 nitrogen and oxygen atoms in total. The van der Waals surface area contributed by atoms with E-state index >= 15 is 0 Å². The number of hydrogen-bond acceptors (Lipinski definition) is 7. The summed E-state index contributed by atoms with van der Waals surface area (Å²) in [5.74, 6) is 0. The van der Waals surface area contributed by atoms with Crippen LogP contribution in [-0.2, 0) is 9.47 Å². The lowest BCUT2D eigenvalue weighted by molar-refractivity contribution is 0.0119. The number of hydrazine groups is 1. The predicted octanol–water partition coefficient (Wildman–Crippen LogP) is 5.38. The van der Waals surface area contributed by atoms with Crippen LogP contribution in [-0.4, -0.2) is 40.9 Å². The fourth-order valence-corrected chi connectivity index (χ4v) is 4.72. The van der Waals surface area contributed by atoms with Crippen molar-refractivity contribution in [2.24, 2.45) is 0 Å². The maximum Gasteiger partial charge on any atom is 0.439 e. The van der Waals surface area contributed by atoms with Crippen molar-refractivity contribution in [3.8, 4) is 0 Å². The SMILES string of the molecule is CCOC(=O)N(C(=O)OCC)N1C(c2ccc(Cl)cc2)=CN2c3ccccc3SC21. The molecule has 30 heavy (non-hydrogen) atoms. The van der Waals surface area contributed by atoms with Gasteiger partial charge < -0.3 is 14.4 Å². The number of anilines is 1. The van der Waals surface area contributed by atoms with Gasteiger partial charge in [0.05, 0.1) is 24.6 Å². The van der Waals surface area contributed by atoms with E-state index < -0.39 is 12.2 Å². The number of para-hydroxylation sites is 1. The van der Waals surface area contributed by atoms with Crippen molar-refractivity contribution in [1.29, 1.82) is 0 Å². The summed E-state index contributed by atoms with van der Waals surface area (Å²) < 4.78 is 10.4. The normalized spacial score (nSPS) is 16.6. The smallest absolute Gasteiger partial charge is 0.439 e. The molecule has 0 bridgehead atoms. The minimum absolute atomic E-state index is 0.129. The fraction of sp³-hybridized carbons (Fsp3) is 0.238. The zero-order valence-corrected chi connectivity index (χ0v) is 18.0. The lowest BCUT2D eigenvalue weighted by Gasteiger charge is -2.35. The molecule has 0 radical (unpaired) electrons. The van der Waals surface area contributed by atoms with E-state index in [1.807, 2.05) is 47.5 Å². The number of nitrogens with zero attached hydrogens (tertiary/aromatic N) is 3. The van der Waals surface area contributed by atoms with Crippen molar-refractivity contribution in [3.63, 3.8) is 0 Å². The third kappa shape index (κ3) is 3.57. The molecule has 2 aliphatic rings. The van der Waals surface area contributed by atoms with Gasteiger partial charge in [0.25, 0.3) is 0 Å². The molecule has 0 saturated heterocycles. The average Bonchev–Trinajstić information content (AvgIpc) is 3.26. The van der Waals surface area contributed by atoms with E-state index in [0.717, 1.165) is 21.2 Å². The van der Waals surface area contributed by atoms with Gasteiger partial charge in [-0.2, -0.15) is 0 Å². The first-order chi connectivity index (χ1) is 14.5. The molecule has 0 aliphatic carbocycles. The Morgan fingerprint density at radius 1 is 1.03 bits per heavy atom. The van der Waals surface area contributed by atoms with Gasteiger partial charge >= 0.3 is 12.2 Å². The van der Waals surface area contributed by atoms with Gasteiger partial charge in [-0.3, -0.25) is 0 Å². The highest BCUT2D eigenvalue weighted by Crippen LogP contribution is 2.51. The summed E-state index contributed by atoms with van der Waals surface area (Å²) in [4.78, 5) is 28.7. The summed E-state index contributed by atoms with van der Waals surface area (Å²) >= 11 is 7.59. The van der Waals surface area contributed by atoms with Gasteiger partial charge in [-0.1, -0.05) is 47.6 Å². The molecule has 2 aromatic rings. The molecule has 2 aromatic carbocycles. The van der Waals surface area contributed by atoms with Gasteiger partial charge in [-0.15, -0.1) is 5.01 Å². The van der Waals surface area contributed by atoms with Crippen LogP contribution in [0.15, 0.2) is 59.6 Å². The van der Waals surface area contributed by atoms with Crippen molar-refractivity contribution >= 4 is 46.9 Å². The first-order valence-corrected chi connectivity index (χ1v) is 10.8. The van der Waals surface area contributed by atoms with E-state index in [1.165, 1.54) is 11.8 Å². The number of ether oxygens (including phenoxy) is 2. The number of rotatable bonds is 4. The number of fused-ring (bicyclic) bond motifs is 3. The molecule has 1 atom stereocenters. The van der Waals surface area contributed by atoms with Crippen LogP contribution in [0.1, 0.15) is 19.4 Å². The fourth-order valence-electron chi connectivity index (χ4n) is 3.32. The van der Waals surface area contributed by atoms with E-state index in [9.17, 15) is 9.59 Å². The highest BCUT2D eigenvalue weighted by atomic mass is 35.5. The first kappa shape index (κ1) is 20.4. The van der Waals surface area contributed by atoms with Gasteiger partial charge in [0.1, 0.15) is 0 Å². The Balaban J connectivity index is 1.81. The van der Waals surface area contributed by atoms with Gasteiger partial charge in [-0.05, 0) is 38.1 Å². The van der Waals surface area contributed by atoms with Crippen LogP contribution in [0.3, 0.4) is 0 Å². The largest absolute Gasteiger partial charge is 0.448 e. The van der Waals surface area contributed by atoms with Crippen LogP contribution in [0, 0.1) is 0 Å². The minimum atomic E-state index is -0.797. The molecule has 156 valence electrons. The maximum absolute atomic E-state index is 12.8. The summed E-state index contributed by atoms with van der Waals surface area (Å²) in [6.45, 7) is 3.63. The zero-order chi connectivity index (χ0) is 21.3. The molecule has 4 rings (SSSR count). The lowest BCUT2D eigenvalue weighted by Crippen LogP contribution is -2.53. The van der Waals surface area contributed by atoms with Crippen molar-refractivity contribution in [1.82, 2.24) is 10.0 Å². The van der Waals surface area contributed by atoms with Gasteiger partial charge in [-0.25, -0.2) is 14.6 Å². The van der Waals surface area contributed by atoms with Crippen LogP contribution in [0.5, 0.6) is 0 Å². The van der Waals surface area contributed by atoms with Gasteiger partial charge in [0.2, 0.25) is 0 Å². The second kappa shape index (κ2) is 8.49. The Hall–Kier alpha value is -2.84. The number of hydrogen-bond donors (Lipinski definition) is 0. The van der Waals surface area contributed by atoms with E-state index in [-0.39, 0.29) is 18.7 Å². The van der Waals surface area contributed by atoms with Gasteiger partial charge in [0.15, 0.2) is 5.50 Å². The molecule has 2 aliphatic heterocycles. The molecule has 9 heteroatoms. The van der Waals surface area contributed by atoms with Crippen LogP contribution >= 0.6 is 23.4 Å². The quantitative estimate of drug-likeness (QED) is 0.626. The maximum atomic E-state index is 12.8. The third-order valence-corrected chi connectivity index (χ3v) is 6.06. The minimum Gasteiger partial charge on any atom is -0.448 e. The Bertz CT molecular complexity index is 980. The number of carbonyl (C=O) groups is 2. The number of halogens is 1. The van der Waals surface area contributed by atoms with Crippen molar-refractivity contribution < 1.29 is 19.1 Å². The van der Waals surface area contributed by atoms with Crippen LogP contribution < -0.4 is 4.90 Å². The molecule has 2 amide bonds. The van der Waals surface area contributed by atoms with E-state index in [0.29, 0.717) is 10.7 Å². The average molecular weight is 446 g/mol. The second-order valence-corrected chi connectivity index (χ2v) is 7.93. The topological polar surface area (TPSA) is 62.3 Å². The first-order valence-electron chi connectivity index (χ1n) is 9.49. The highest BCUT2D eigenvalue weighted by Gasteiger charge is 2.47. The number of imide groups is 1. The Morgan fingerprint density at radius 3 is 2.30 bits per heavy atom. The van der Waals surface area contributed by atoms with Gasteiger partial charge in [0, 0.05) is 21.7 Å². The number of thioether (sulfide) groups is 1. The number of amides is 2. The van der Waals surface area contributed by atoms with E-state index in [4.69, 9.17) is 21.1 Å². The summed E-state index contributed by atoms with van der Waals surface area (Å²) in [6, 6.07) is 15.1. The molecule has 0 saturated carbocycles.